The first-order valence-electron chi connectivity index (χ1n) is 4.26. The van der Waals surface area contributed by atoms with E-state index < -0.39 is 0 Å². The molecule has 0 N–H and O–H groups in total. The molecule has 0 spiro atoms. The molecule has 0 rings (SSSR count). The Balaban J connectivity index is 3.21. The smallest absolute Gasteiger partial charge is 0.0572 e. The molecule has 10 heavy (non-hydrogen) atoms. The predicted octanol–water partition coefficient (Wildman–Crippen LogP) is 2.81. The monoisotopic (exact) mass is 143 g/mol. The minimum absolute atomic E-state index is 0.456. The fourth-order valence-corrected chi connectivity index (χ4v) is 0.917. The van der Waals surface area contributed by atoms with Gasteiger partial charge in [-0.1, -0.05) is 27.2 Å². The minimum Gasteiger partial charge on any atom is -0.378 e. The Hall–Kier alpha value is -0.0400. The van der Waals surface area contributed by atoms with E-state index in [0.29, 0.717) is 6.10 Å². The van der Waals surface area contributed by atoms with Gasteiger partial charge in [0.2, 0.25) is 0 Å². The first kappa shape index (κ1) is 9.96. The maximum atomic E-state index is 5.54. The molecule has 0 bridgehead atoms. The van der Waals surface area contributed by atoms with Crippen molar-refractivity contribution in [3.63, 3.8) is 0 Å². The van der Waals surface area contributed by atoms with E-state index in [-0.39, 0.29) is 0 Å². The fraction of sp³-hybridized carbons (Fsp3) is 0.889. The second-order valence-electron chi connectivity index (χ2n) is 2.54. The van der Waals surface area contributed by atoms with Gasteiger partial charge in [-0.05, 0) is 19.3 Å². The summed E-state index contributed by atoms with van der Waals surface area (Å²) in [6, 6.07) is 0. The van der Waals surface area contributed by atoms with Gasteiger partial charge >= 0.3 is 0 Å². The molecular weight excluding hydrogens is 124 g/mol. The van der Waals surface area contributed by atoms with Crippen molar-refractivity contribution in [1.82, 2.24) is 0 Å². The van der Waals surface area contributed by atoms with Gasteiger partial charge in [0.05, 0.1) is 6.10 Å². The molecule has 1 heteroatoms. The van der Waals surface area contributed by atoms with Crippen molar-refractivity contribution in [1.29, 1.82) is 0 Å². The third-order valence-electron chi connectivity index (χ3n) is 1.54. The summed E-state index contributed by atoms with van der Waals surface area (Å²) in [5.74, 6) is 0. The molecule has 0 fully saturated rings. The van der Waals surface area contributed by atoms with Crippen molar-refractivity contribution in [2.45, 2.75) is 45.6 Å². The van der Waals surface area contributed by atoms with E-state index in [4.69, 9.17) is 4.74 Å². The lowest BCUT2D eigenvalue weighted by atomic mass is 10.2. The lowest BCUT2D eigenvalue weighted by Crippen LogP contribution is -2.11. The van der Waals surface area contributed by atoms with Gasteiger partial charge in [-0.15, -0.1) is 0 Å². The summed E-state index contributed by atoms with van der Waals surface area (Å²) < 4.78 is 5.54. The highest BCUT2D eigenvalue weighted by Crippen LogP contribution is 2.05. The highest BCUT2D eigenvalue weighted by Gasteiger charge is 2.02. The van der Waals surface area contributed by atoms with Crippen LogP contribution < -0.4 is 0 Å². The molecular formula is C9H19O. The van der Waals surface area contributed by atoms with Crippen LogP contribution in [0.4, 0.5) is 0 Å². The van der Waals surface area contributed by atoms with E-state index >= 15 is 0 Å². The zero-order chi connectivity index (χ0) is 7.82. The van der Waals surface area contributed by atoms with Gasteiger partial charge in [0.1, 0.15) is 0 Å². The SMILES string of the molecule is [CH2]CCC(CC)OCCC. The Bertz CT molecular complexity index is 61.7. The van der Waals surface area contributed by atoms with Gasteiger partial charge < -0.3 is 4.74 Å². The van der Waals surface area contributed by atoms with E-state index in [1.165, 1.54) is 0 Å². The van der Waals surface area contributed by atoms with Crippen molar-refractivity contribution in [2.75, 3.05) is 6.61 Å². The van der Waals surface area contributed by atoms with Crippen LogP contribution >= 0.6 is 0 Å². The number of ether oxygens (including phenoxy) is 1. The Morgan fingerprint density at radius 2 is 2.10 bits per heavy atom. The fourth-order valence-electron chi connectivity index (χ4n) is 0.917. The molecule has 1 atom stereocenters. The van der Waals surface area contributed by atoms with Crippen LogP contribution in [-0.4, -0.2) is 12.7 Å². The molecule has 0 saturated carbocycles. The highest BCUT2D eigenvalue weighted by molar-refractivity contribution is 4.55. The first-order chi connectivity index (χ1) is 4.85. The van der Waals surface area contributed by atoms with Crippen LogP contribution in [0.3, 0.4) is 0 Å². The van der Waals surface area contributed by atoms with Crippen LogP contribution in [0.5, 0.6) is 0 Å². The molecule has 1 radical (unpaired) electrons. The average molecular weight is 143 g/mol. The normalized spacial score (nSPS) is 13.5. The van der Waals surface area contributed by atoms with Crippen LogP contribution in [0.25, 0.3) is 0 Å². The van der Waals surface area contributed by atoms with Crippen molar-refractivity contribution >= 4 is 0 Å². The summed E-state index contributed by atoms with van der Waals surface area (Å²) in [5, 5.41) is 0. The molecule has 0 saturated heterocycles. The number of hydrogen-bond donors (Lipinski definition) is 0. The maximum absolute atomic E-state index is 5.54. The molecule has 0 amide bonds. The summed E-state index contributed by atoms with van der Waals surface area (Å²) in [4.78, 5) is 0. The van der Waals surface area contributed by atoms with E-state index in [2.05, 4.69) is 20.8 Å². The second-order valence-corrected chi connectivity index (χ2v) is 2.54. The Labute approximate surface area is 64.8 Å². The van der Waals surface area contributed by atoms with Gasteiger partial charge in [0.25, 0.3) is 0 Å². The number of rotatable bonds is 6. The van der Waals surface area contributed by atoms with Crippen molar-refractivity contribution in [2.24, 2.45) is 0 Å². The Kier molecular flexibility index (Phi) is 7.04. The largest absolute Gasteiger partial charge is 0.378 e. The van der Waals surface area contributed by atoms with E-state index in [1.807, 2.05) is 0 Å². The summed E-state index contributed by atoms with van der Waals surface area (Å²) in [5.41, 5.74) is 0. The van der Waals surface area contributed by atoms with E-state index in [9.17, 15) is 0 Å². The van der Waals surface area contributed by atoms with E-state index in [1.54, 1.807) is 0 Å². The molecule has 0 aromatic rings. The molecule has 1 nitrogen and oxygen atoms in total. The summed E-state index contributed by atoms with van der Waals surface area (Å²) >= 11 is 0. The van der Waals surface area contributed by atoms with Crippen molar-refractivity contribution < 1.29 is 4.74 Å². The van der Waals surface area contributed by atoms with Gasteiger partial charge in [0, 0.05) is 6.61 Å². The average Bonchev–Trinajstić information content (AvgIpc) is 1.98. The highest BCUT2D eigenvalue weighted by atomic mass is 16.5. The van der Waals surface area contributed by atoms with Gasteiger partial charge in [-0.2, -0.15) is 0 Å². The summed E-state index contributed by atoms with van der Waals surface area (Å²) in [6.45, 7) is 9.00. The third-order valence-corrected chi connectivity index (χ3v) is 1.54. The third kappa shape index (κ3) is 4.80. The molecule has 0 aromatic heterocycles. The summed E-state index contributed by atoms with van der Waals surface area (Å²) in [7, 11) is 0. The Morgan fingerprint density at radius 3 is 2.50 bits per heavy atom. The summed E-state index contributed by atoms with van der Waals surface area (Å²) in [6.07, 6.45) is 4.79. The zero-order valence-corrected chi connectivity index (χ0v) is 7.23. The van der Waals surface area contributed by atoms with Crippen LogP contribution in [0.2, 0.25) is 0 Å². The van der Waals surface area contributed by atoms with Crippen molar-refractivity contribution in [3.05, 3.63) is 6.92 Å². The molecule has 1 unspecified atom stereocenters. The molecule has 0 aliphatic heterocycles. The van der Waals surface area contributed by atoms with Gasteiger partial charge in [-0.25, -0.2) is 0 Å². The molecule has 0 heterocycles. The quantitative estimate of drug-likeness (QED) is 0.555. The van der Waals surface area contributed by atoms with Crippen LogP contribution in [0, 0.1) is 6.92 Å². The predicted molar refractivity (Wildman–Crippen MR) is 44.9 cm³/mol. The second kappa shape index (κ2) is 7.07. The maximum Gasteiger partial charge on any atom is 0.0572 e. The zero-order valence-electron chi connectivity index (χ0n) is 7.23. The lowest BCUT2D eigenvalue weighted by molar-refractivity contribution is 0.0460. The van der Waals surface area contributed by atoms with Gasteiger partial charge in [-0.3, -0.25) is 0 Å². The van der Waals surface area contributed by atoms with Gasteiger partial charge in [0.15, 0.2) is 0 Å². The topological polar surface area (TPSA) is 9.23 Å². The minimum atomic E-state index is 0.456. The first-order valence-corrected chi connectivity index (χ1v) is 4.26. The van der Waals surface area contributed by atoms with Crippen LogP contribution in [-0.2, 0) is 4.74 Å². The number of hydrogen-bond acceptors (Lipinski definition) is 1. The lowest BCUT2D eigenvalue weighted by Gasteiger charge is -2.13. The Morgan fingerprint density at radius 1 is 1.40 bits per heavy atom. The molecule has 0 aliphatic rings. The van der Waals surface area contributed by atoms with E-state index in [0.717, 1.165) is 32.3 Å². The standard InChI is InChI=1S/C9H19O/c1-4-7-9(6-3)10-8-5-2/h9H,1,4-8H2,2-3H3. The van der Waals surface area contributed by atoms with Crippen LogP contribution in [0.15, 0.2) is 0 Å². The van der Waals surface area contributed by atoms with Crippen LogP contribution in [0.1, 0.15) is 39.5 Å². The molecule has 0 aliphatic carbocycles. The van der Waals surface area contributed by atoms with Crippen molar-refractivity contribution in [3.8, 4) is 0 Å². The molecule has 61 valence electrons. The molecule has 0 aromatic carbocycles.